The molecule has 1 N–H and O–H groups in total. The van der Waals surface area contributed by atoms with Crippen LogP contribution in [0.25, 0.3) is 0 Å². The summed E-state index contributed by atoms with van der Waals surface area (Å²) in [6.45, 7) is 1.49. The van der Waals surface area contributed by atoms with Crippen molar-refractivity contribution in [2.24, 2.45) is 0 Å². The lowest BCUT2D eigenvalue weighted by Gasteiger charge is -1.92. The van der Waals surface area contributed by atoms with Crippen LogP contribution in [-0.2, 0) is 4.79 Å². The van der Waals surface area contributed by atoms with Crippen molar-refractivity contribution in [2.75, 3.05) is 5.88 Å². The van der Waals surface area contributed by atoms with E-state index in [0.29, 0.717) is 5.88 Å². The zero-order chi connectivity index (χ0) is 8.53. The van der Waals surface area contributed by atoms with Crippen molar-refractivity contribution in [1.29, 1.82) is 0 Å². The first-order valence-electron chi connectivity index (χ1n) is 3.75. The first-order chi connectivity index (χ1) is 5.27. The second-order valence-corrected chi connectivity index (χ2v) is 2.67. The van der Waals surface area contributed by atoms with Crippen molar-refractivity contribution in [1.82, 2.24) is 5.32 Å². The monoisotopic (exact) mass is 175 g/mol. The Morgan fingerprint density at radius 2 is 2.27 bits per heavy atom. The number of hydrogen-bond donors (Lipinski definition) is 1. The molecule has 0 aromatic carbocycles. The van der Waals surface area contributed by atoms with Crippen LogP contribution in [0.2, 0.25) is 0 Å². The van der Waals surface area contributed by atoms with Crippen LogP contribution < -0.4 is 5.32 Å². The van der Waals surface area contributed by atoms with E-state index in [2.05, 4.69) is 5.32 Å². The maximum atomic E-state index is 10.3. The Morgan fingerprint density at radius 3 is 2.82 bits per heavy atom. The summed E-state index contributed by atoms with van der Waals surface area (Å²) in [5.41, 5.74) is 0. The molecule has 64 valence electrons. The average molecular weight is 176 g/mol. The van der Waals surface area contributed by atoms with E-state index < -0.39 is 0 Å². The van der Waals surface area contributed by atoms with Crippen LogP contribution in [-0.4, -0.2) is 11.8 Å². The molecular weight excluding hydrogens is 162 g/mol. The van der Waals surface area contributed by atoms with Crippen LogP contribution in [0.4, 0.5) is 0 Å². The molecule has 0 radical (unpaired) electrons. The van der Waals surface area contributed by atoms with Gasteiger partial charge in [-0.05, 0) is 25.5 Å². The van der Waals surface area contributed by atoms with Crippen LogP contribution in [0.1, 0.15) is 26.2 Å². The molecule has 11 heavy (non-hydrogen) atoms. The summed E-state index contributed by atoms with van der Waals surface area (Å²) >= 11 is 5.47. The molecule has 0 atom stereocenters. The van der Waals surface area contributed by atoms with Crippen molar-refractivity contribution in [3.8, 4) is 0 Å². The number of nitrogens with one attached hydrogen (secondary N) is 1. The van der Waals surface area contributed by atoms with Gasteiger partial charge in [0.15, 0.2) is 0 Å². The first kappa shape index (κ1) is 10.5. The van der Waals surface area contributed by atoms with E-state index in [-0.39, 0.29) is 5.91 Å². The first-order valence-corrected chi connectivity index (χ1v) is 4.29. The highest BCUT2D eigenvalue weighted by molar-refractivity contribution is 6.17. The molecule has 0 aromatic rings. The van der Waals surface area contributed by atoms with Crippen molar-refractivity contribution in [3.05, 3.63) is 12.3 Å². The predicted molar refractivity (Wildman–Crippen MR) is 47.5 cm³/mol. The molecule has 0 aliphatic heterocycles. The Kier molecular flexibility index (Phi) is 7.26. The van der Waals surface area contributed by atoms with Crippen molar-refractivity contribution >= 4 is 17.5 Å². The Morgan fingerprint density at radius 1 is 1.55 bits per heavy atom. The smallest absolute Gasteiger partial charge is 0.220 e. The summed E-state index contributed by atoms with van der Waals surface area (Å²) in [6, 6.07) is 0. The topological polar surface area (TPSA) is 29.1 Å². The number of carbonyl (C=O) groups excluding carboxylic acids is 1. The Labute approximate surface area is 72.6 Å². The van der Waals surface area contributed by atoms with Crippen molar-refractivity contribution < 1.29 is 4.79 Å². The fraction of sp³-hybridized carbons (Fsp3) is 0.625. The van der Waals surface area contributed by atoms with E-state index in [1.807, 2.05) is 6.08 Å². The minimum absolute atomic E-state index is 0.0291. The highest BCUT2D eigenvalue weighted by atomic mass is 35.5. The Bertz CT molecular complexity index is 134. The summed E-state index contributed by atoms with van der Waals surface area (Å²) in [4.78, 5) is 10.3. The molecule has 0 saturated heterocycles. The van der Waals surface area contributed by atoms with Gasteiger partial charge in [0.05, 0.1) is 0 Å². The number of hydrogen-bond acceptors (Lipinski definition) is 1. The molecule has 1 amide bonds. The van der Waals surface area contributed by atoms with E-state index in [0.717, 1.165) is 19.3 Å². The summed E-state index contributed by atoms with van der Waals surface area (Å²) in [5, 5.41) is 2.57. The normalized spacial score (nSPS) is 10.4. The molecular formula is C8H14ClNO. The van der Waals surface area contributed by atoms with Gasteiger partial charge in [0.1, 0.15) is 0 Å². The second kappa shape index (κ2) is 7.61. The quantitative estimate of drug-likeness (QED) is 0.503. The third kappa shape index (κ3) is 9.50. The number of carbonyl (C=O) groups is 1. The van der Waals surface area contributed by atoms with Gasteiger partial charge in [-0.3, -0.25) is 4.79 Å². The maximum absolute atomic E-state index is 10.3. The SMILES string of the molecule is CC(=O)NC=CCCCCCl. The molecule has 2 nitrogen and oxygen atoms in total. The van der Waals surface area contributed by atoms with Crippen molar-refractivity contribution in [2.45, 2.75) is 26.2 Å². The van der Waals surface area contributed by atoms with Crippen molar-refractivity contribution in [3.63, 3.8) is 0 Å². The standard InChI is InChI=1S/C8H14ClNO/c1-8(11)10-7-5-3-2-4-6-9/h5,7H,2-4,6H2,1H3,(H,10,11). The summed E-state index contributed by atoms with van der Waals surface area (Å²) in [6.07, 6.45) is 6.71. The number of amides is 1. The van der Waals surface area contributed by atoms with Gasteiger partial charge in [0.25, 0.3) is 0 Å². The zero-order valence-corrected chi connectivity index (χ0v) is 7.53. The maximum Gasteiger partial charge on any atom is 0.220 e. The minimum Gasteiger partial charge on any atom is -0.333 e. The van der Waals surface area contributed by atoms with Gasteiger partial charge >= 0.3 is 0 Å². The Balaban J connectivity index is 3.10. The van der Waals surface area contributed by atoms with Crippen LogP contribution in [0.5, 0.6) is 0 Å². The highest BCUT2D eigenvalue weighted by Gasteiger charge is 1.83. The largest absolute Gasteiger partial charge is 0.333 e. The van der Waals surface area contributed by atoms with Crippen LogP contribution in [0.3, 0.4) is 0 Å². The van der Waals surface area contributed by atoms with Gasteiger partial charge in [-0.2, -0.15) is 0 Å². The number of allylic oxidation sites excluding steroid dienone is 1. The molecule has 0 aromatic heterocycles. The summed E-state index contributed by atoms with van der Waals surface area (Å²) in [5.74, 6) is 0.687. The number of halogens is 1. The second-order valence-electron chi connectivity index (χ2n) is 2.29. The molecule has 0 fully saturated rings. The minimum atomic E-state index is -0.0291. The molecule has 0 rings (SSSR count). The van der Waals surface area contributed by atoms with Gasteiger partial charge in [-0.1, -0.05) is 6.08 Å². The third-order valence-electron chi connectivity index (χ3n) is 1.16. The van der Waals surface area contributed by atoms with Crippen LogP contribution in [0, 0.1) is 0 Å². The molecule has 3 heteroatoms. The fourth-order valence-corrected chi connectivity index (χ4v) is 0.805. The molecule has 0 aliphatic carbocycles. The van der Waals surface area contributed by atoms with Crippen LogP contribution in [0.15, 0.2) is 12.3 Å². The van der Waals surface area contributed by atoms with Gasteiger partial charge in [0.2, 0.25) is 5.91 Å². The van der Waals surface area contributed by atoms with E-state index >= 15 is 0 Å². The summed E-state index contributed by atoms with van der Waals surface area (Å²) < 4.78 is 0. The Hall–Kier alpha value is -0.500. The number of unbranched alkanes of at least 4 members (excludes halogenated alkanes) is 2. The molecule has 0 unspecified atom stereocenters. The van der Waals surface area contributed by atoms with E-state index in [4.69, 9.17) is 11.6 Å². The van der Waals surface area contributed by atoms with Gasteiger partial charge < -0.3 is 5.32 Å². The van der Waals surface area contributed by atoms with Gasteiger partial charge in [-0.15, -0.1) is 11.6 Å². The lowest BCUT2D eigenvalue weighted by molar-refractivity contribution is -0.118. The molecule has 0 heterocycles. The zero-order valence-electron chi connectivity index (χ0n) is 6.77. The number of rotatable bonds is 5. The van der Waals surface area contributed by atoms with E-state index in [9.17, 15) is 4.79 Å². The molecule has 0 saturated carbocycles. The van der Waals surface area contributed by atoms with Gasteiger partial charge in [0, 0.05) is 12.8 Å². The lowest BCUT2D eigenvalue weighted by atomic mass is 10.2. The predicted octanol–water partition coefficient (Wildman–Crippen LogP) is 2.05. The molecule has 0 aliphatic rings. The lowest BCUT2D eigenvalue weighted by Crippen LogP contribution is -2.11. The van der Waals surface area contributed by atoms with Gasteiger partial charge in [-0.25, -0.2) is 0 Å². The highest BCUT2D eigenvalue weighted by Crippen LogP contribution is 1.96. The van der Waals surface area contributed by atoms with E-state index in [1.54, 1.807) is 6.20 Å². The average Bonchev–Trinajstić information content (AvgIpc) is 1.96. The molecule has 0 bridgehead atoms. The number of alkyl halides is 1. The fourth-order valence-electron chi connectivity index (χ4n) is 0.616. The van der Waals surface area contributed by atoms with Crippen LogP contribution >= 0.6 is 11.6 Å². The summed E-state index contributed by atoms with van der Waals surface area (Å²) in [7, 11) is 0. The van der Waals surface area contributed by atoms with E-state index in [1.165, 1.54) is 6.92 Å². The molecule has 0 spiro atoms. The third-order valence-corrected chi connectivity index (χ3v) is 1.43.